The number of benzene rings is 2. The van der Waals surface area contributed by atoms with Crippen molar-refractivity contribution in [3.8, 4) is 0 Å². The Bertz CT molecular complexity index is 665. The average molecular weight is 282 g/mol. The van der Waals surface area contributed by atoms with Gasteiger partial charge in [0.2, 0.25) is 0 Å². The highest BCUT2D eigenvalue weighted by atomic mass is 16.2. The highest BCUT2D eigenvalue weighted by molar-refractivity contribution is 6.39. The summed E-state index contributed by atoms with van der Waals surface area (Å²) < 4.78 is 0. The van der Waals surface area contributed by atoms with Gasteiger partial charge >= 0.3 is 11.8 Å². The summed E-state index contributed by atoms with van der Waals surface area (Å²) in [5.41, 5.74) is 3.71. The number of anilines is 1. The molecule has 0 bridgehead atoms. The van der Waals surface area contributed by atoms with E-state index in [-0.39, 0.29) is 0 Å². The van der Waals surface area contributed by atoms with Crippen LogP contribution in [0.25, 0.3) is 0 Å². The maximum absolute atomic E-state index is 11.8. The van der Waals surface area contributed by atoms with E-state index in [0.29, 0.717) is 12.2 Å². The molecule has 0 aromatic heterocycles. The average Bonchev–Trinajstić information content (AvgIpc) is 2.46. The highest BCUT2D eigenvalue weighted by Crippen LogP contribution is 2.09. The zero-order chi connectivity index (χ0) is 15.2. The van der Waals surface area contributed by atoms with Gasteiger partial charge in [0, 0.05) is 12.2 Å². The Hall–Kier alpha value is -2.62. The molecule has 0 fully saturated rings. The fourth-order valence-electron chi connectivity index (χ4n) is 1.97. The Morgan fingerprint density at radius 1 is 0.952 bits per heavy atom. The van der Waals surface area contributed by atoms with Crippen molar-refractivity contribution in [1.82, 2.24) is 5.32 Å². The van der Waals surface area contributed by atoms with E-state index in [2.05, 4.69) is 10.6 Å². The number of carbonyl (C=O) groups is 2. The van der Waals surface area contributed by atoms with Gasteiger partial charge in [0.05, 0.1) is 0 Å². The Labute approximate surface area is 124 Å². The molecule has 2 N–H and O–H groups in total. The fraction of sp³-hybridized carbons (Fsp3) is 0.176. The summed E-state index contributed by atoms with van der Waals surface area (Å²) in [4.78, 5) is 23.6. The predicted molar refractivity (Wildman–Crippen MR) is 82.8 cm³/mol. The van der Waals surface area contributed by atoms with Crippen molar-refractivity contribution in [2.24, 2.45) is 0 Å². The monoisotopic (exact) mass is 282 g/mol. The number of aryl methyl sites for hydroxylation is 2. The molecule has 0 aliphatic carbocycles. The standard InChI is InChI=1S/C17H18N2O2/c1-12-6-5-9-15(10-12)19-17(21)16(20)18-11-14-8-4-3-7-13(14)2/h3-10H,11H2,1-2H3,(H,18,20)(H,19,21). The SMILES string of the molecule is Cc1cccc(NC(=O)C(=O)NCc2ccccc2C)c1. The molecule has 0 atom stereocenters. The summed E-state index contributed by atoms with van der Waals surface area (Å²) in [5, 5.41) is 5.21. The lowest BCUT2D eigenvalue weighted by atomic mass is 10.1. The second-order valence-electron chi connectivity index (χ2n) is 4.93. The molecule has 4 heteroatoms. The van der Waals surface area contributed by atoms with Crippen molar-refractivity contribution in [1.29, 1.82) is 0 Å². The number of hydrogen-bond acceptors (Lipinski definition) is 2. The molecule has 0 spiro atoms. The quantitative estimate of drug-likeness (QED) is 0.850. The third-order valence-electron chi connectivity index (χ3n) is 3.18. The highest BCUT2D eigenvalue weighted by Gasteiger charge is 2.13. The molecule has 2 amide bonds. The minimum atomic E-state index is -0.658. The first-order valence-electron chi connectivity index (χ1n) is 6.76. The van der Waals surface area contributed by atoms with Gasteiger partial charge in [-0.25, -0.2) is 0 Å². The van der Waals surface area contributed by atoms with Crippen LogP contribution >= 0.6 is 0 Å². The first-order chi connectivity index (χ1) is 10.1. The molecule has 4 nitrogen and oxygen atoms in total. The Morgan fingerprint density at radius 3 is 2.43 bits per heavy atom. The lowest BCUT2D eigenvalue weighted by Crippen LogP contribution is -2.35. The number of hydrogen-bond donors (Lipinski definition) is 2. The van der Waals surface area contributed by atoms with Gasteiger partial charge in [-0.1, -0.05) is 36.4 Å². The first-order valence-corrected chi connectivity index (χ1v) is 6.76. The van der Waals surface area contributed by atoms with Crippen molar-refractivity contribution < 1.29 is 9.59 Å². The predicted octanol–water partition coefficient (Wildman–Crippen LogP) is 2.56. The van der Waals surface area contributed by atoms with Crippen molar-refractivity contribution in [2.45, 2.75) is 20.4 Å². The van der Waals surface area contributed by atoms with Gasteiger partial charge in [-0.05, 0) is 42.7 Å². The van der Waals surface area contributed by atoms with E-state index < -0.39 is 11.8 Å². The Balaban J connectivity index is 1.91. The zero-order valence-electron chi connectivity index (χ0n) is 12.1. The lowest BCUT2D eigenvalue weighted by Gasteiger charge is -2.08. The van der Waals surface area contributed by atoms with Gasteiger partial charge in [-0.2, -0.15) is 0 Å². The van der Waals surface area contributed by atoms with Crippen LogP contribution in [0.3, 0.4) is 0 Å². The van der Waals surface area contributed by atoms with Crippen LogP contribution in [0.5, 0.6) is 0 Å². The molecule has 0 radical (unpaired) electrons. The van der Waals surface area contributed by atoms with Gasteiger partial charge in [-0.15, -0.1) is 0 Å². The van der Waals surface area contributed by atoms with Crippen molar-refractivity contribution in [2.75, 3.05) is 5.32 Å². The third-order valence-corrected chi connectivity index (χ3v) is 3.18. The molecule has 0 saturated heterocycles. The largest absolute Gasteiger partial charge is 0.344 e. The fourth-order valence-corrected chi connectivity index (χ4v) is 1.97. The van der Waals surface area contributed by atoms with Crippen LogP contribution in [0.15, 0.2) is 48.5 Å². The molecule has 0 aliphatic rings. The summed E-state index contributed by atoms with van der Waals surface area (Å²) in [6.07, 6.45) is 0. The molecule has 21 heavy (non-hydrogen) atoms. The smallest absolute Gasteiger partial charge is 0.313 e. The van der Waals surface area contributed by atoms with Gasteiger partial charge in [0.1, 0.15) is 0 Å². The maximum Gasteiger partial charge on any atom is 0.313 e. The van der Waals surface area contributed by atoms with E-state index in [1.807, 2.05) is 56.3 Å². The Kier molecular flexibility index (Phi) is 4.72. The molecule has 108 valence electrons. The van der Waals surface area contributed by atoms with Gasteiger partial charge in [0.25, 0.3) is 0 Å². The van der Waals surface area contributed by atoms with Gasteiger partial charge < -0.3 is 10.6 Å². The summed E-state index contributed by atoms with van der Waals surface area (Å²) in [6, 6.07) is 15.0. The van der Waals surface area contributed by atoms with E-state index in [1.54, 1.807) is 6.07 Å². The van der Waals surface area contributed by atoms with Gasteiger partial charge in [-0.3, -0.25) is 9.59 Å². The third kappa shape index (κ3) is 4.18. The molecule has 0 unspecified atom stereocenters. The van der Waals surface area contributed by atoms with Crippen molar-refractivity contribution in [3.63, 3.8) is 0 Å². The molecule has 2 aromatic carbocycles. The number of nitrogens with one attached hydrogen (secondary N) is 2. The minimum absolute atomic E-state index is 0.340. The maximum atomic E-state index is 11.8. The zero-order valence-corrected chi connectivity index (χ0v) is 12.1. The summed E-state index contributed by atoms with van der Waals surface area (Å²) in [7, 11) is 0. The molecular formula is C17H18N2O2. The summed E-state index contributed by atoms with van der Waals surface area (Å²) >= 11 is 0. The molecule has 0 aliphatic heterocycles. The van der Waals surface area contributed by atoms with E-state index >= 15 is 0 Å². The van der Waals surface area contributed by atoms with Crippen LogP contribution in [0.2, 0.25) is 0 Å². The van der Waals surface area contributed by atoms with E-state index in [1.165, 1.54) is 0 Å². The van der Waals surface area contributed by atoms with Crippen LogP contribution < -0.4 is 10.6 Å². The van der Waals surface area contributed by atoms with E-state index in [0.717, 1.165) is 16.7 Å². The number of amides is 2. The van der Waals surface area contributed by atoms with E-state index in [9.17, 15) is 9.59 Å². The van der Waals surface area contributed by atoms with Crippen LogP contribution in [-0.4, -0.2) is 11.8 Å². The Morgan fingerprint density at radius 2 is 1.71 bits per heavy atom. The normalized spacial score (nSPS) is 10.0. The number of rotatable bonds is 3. The number of carbonyl (C=O) groups excluding carboxylic acids is 2. The summed E-state index contributed by atoms with van der Waals surface area (Å²) in [5.74, 6) is -1.30. The molecule has 2 aromatic rings. The second kappa shape index (κ2) is 6.70. The molecule has 0 heterocycles. The second-order valence-corrected chi connectivity index (χ2v) is 4.93. The van der Waals surface area contributed by atoms with Crippen LogP contribution in [0.1, 0.15) is 16.7 Å². The van der Waals surface area contributed by atoms with Crippen LogP contribution in [0.4, 0.5) is 5.69 Å². The van der Waals surface area contributed by atoms with Crippen molar-refractivity contribution >= 4 is 17.5 Å². The lowest BCUT2D eigenvalue weighted by molar-refractivity contribution is -0.136. The van der Waals surface area contributed by atoms with Crippen molar-refractivity contribution in [3.05, 3.63) is 65.2 Å². The molecule has 2 rings (SSSR count). The topological polar surface area (TPSA) is 58.2 Å². The van der Waals surface area contributed by atoms with Crippen LogP contribution in [0, 0.1) is 13.8 Å². The van der Waals surface area contributed by atoms with E-state index in [4.69, 9.17) is 0 Å². The molecular weight excluding hydrogens is 264 g/mol. The van der Waals surface area contributed by atoms with Gasteiger partial charge in [0.15, 0.2) is 0 Å². The summed E-state index contributed by atoms with van der Waals surface area (Å²) in [6.45, 7) is 4.23. The molecule has 0 saturated carbocycles. The van der Waals surface area contributed by atoms with Crippen LogP contribution in [-0.2, 0) is 16.1 Å². The minimum Gasteiger partial charge on any atom is -0.344 e. The first kappa shape index (κ1) is 14.8.